The number of aromatic nitrogens is 1. The molecule has 82 valence electrons. The summed E-state index contributed by atoms with van der Waals surface area (Å²) in [6.45, 7) is 6.18. The van der Waals surface area contributed by atoms with Gasteiger partial charge in [0.1, 0.15) is 0 Å². The first kappa shape index (κ1) is 10.6. The highest BCUT2D eigenvalue weighted by Crippen LogP contribution is 2.22. The Bertz CT molecular complexity index is 321. The van der Waals surface area contributed by atoms with Crippen molar-refractivity contribution in [3.05, 3.63) is 29.6 Å². The predicted molar refractivity (Wildman–Crippen MR) is 59.7 cm³/mol. The Labute approximate surface area is 90.9 Å². The molecular weight excluding hydrogens is 188 g/mol. The van der Waals surface area contributed by atoms with Gasteiger partial charge in [-0.05, 0) is 32.9 Å². The second kappa shape index (κ2) is 4.73. The van der Waals surface area contributed by atoms with Crippen molar-refractivity contribution < 1.29 is 4.74 Å². The molecule has 1 aliphatic heterocycles. The van der Waals surface area contributed by atoms with Gasteiger partial charge in [0.2, 0.25) is 0 Å². The number of hydrogen-bond acceptors (Lipinski definition) is 3. The van der Waals surface area contributed by atoms with E-state index in [1.54, 1.807) is 0 Å². The summed E-state index contributed by atoms with van der Waals surface area (Å²) in [5.74, 6) is 0. The first-order chi connectivity index (χ1) is 7.27. The molecule has 1 aromatic heterocycles. The number of hydrogen-bond donors (Lipinski definition) is 1. The van der Waals surface area contributed by atoms with Crippen molar-refractivity contribution >= 4 is 0 Å². The molecule has 1 saturated heterocycles. The molecule has 0 aliphatic carbocycles. The normalized spacial score (nSPS) is 22.9. The smallest absolute Gasteiger partial charge is 0.0818 e. The molecule has 2 heterocycles. The first-order valence-corrected chi connectivity index (χ1v) is 5.55. The fourth-order valence-corrected chi connectivity index (χ4v) is 2.03. The maximum absolute atomic E-state index is 5.98. The summed E-state index contributed by atoms with van der Waals surface area (Å²) in [6, 6.07) is 4.06. The standard InChI is InChI=1S/C12H18N2O/c1-9-12(4-3-6-14-9)10(2)15-11-5-7-13-8-11/h3-4,6,10-11,13H,5,7-8H2,1-2H3. The van der Waals surface area contributed by atoms with Crippen LogP contribution in [0, 0.1) is 6.92 Å². The summed E-state index contributed by atoms with van der Waals surface area (Å²) in [6.07, 6.45) is 3.44. The SMILES string of the molecule is Cc1ncccc1C(C)OC1CCNC1. The molecule has 3 heteroatoms. The molecule has 0 radical (unpaired) electrons. The van der Waals surface area contributed by atoms with Gasteiger partial charge >= 0.3 is 0 Å². The van der Waals surface area contributed by atoms with Crippen molar-refractivity contribution in [1.29, 1.82) is 0 Å². The van der Waals surface area contributed by atoms with E-state index in [1.165, 1.54) is 5.56 Å². The third-order valence-electron chi connectivity index (χ3n) is 2.90. The molecule has 0 aromatic carbocycles. The predicted octanol–water partition coefficient (Wildman–Crippen LogP) is 1.83. The minimum Gasteiger partial charge on any atom is -0.369 e. The largest absolute Gasteiger partial charge is 0.369 e. The molecule has 1 aliphatic rings. The van der Waals surface area contributed by atoms with Gasteiger partial charge in [-0.2, -0.15) is 0 Å². The van der Waals surface area contributed by atoms with Crippen molar-refractivity contribution in [3.8, 4) is 0 Å². The molecule has 2 atom stereocenters. The van der Waals surface area contributed by atoms with Gasteiger partial charge < -0.3 is 10.1 Å². The molecule has 2 unspecified atom stereocenters. The van der Waals surface area contributed by atoms with E-state index in [0.29, 0.717) is 6.10 Å². The van der Waals surface area contributed by atoms with Gasteiger partial charge in [-0.3, -0.25) is 4.98 Å². The van der Waals surface area contributed by atoms with Crippen LogP contribution >= 0.6 is 0 Å². The minimum absolute atomic E-state index is 0.142. The fourth-order valence-electron chi connectivity index (χ4n) is 2.03. The average molecular weight is 206 g/mol. The van der Waals surface area contributed by atoms with Crippen LogP contribution in [0.3, 0.4) is 0 Å². The van der Waals surface area contributed by atoms with Gasteiger partial charge in [0.05, 0.1) is 12.2 Å². The van der Waals surface area contributed by atoms with Crippen LogP contribution in [-0.2, 0) is 4.74 Å². The van der Waals surface area contributed by atoms with Crippen LogP contribution in [0.4, 0.5) is 0 Å². The molecule has 1 aromatic rings. The van der Waals surface area contributed by atoms with E-state index < -0.39 is 0 Å². The Morgan fingerprint density at radius 1 is 1.60 bits per heavy atom. The molecule has 0 amide bonds. The van der Waals surface area contributed by atoms with Crippen LogP contribution in [0.25, 0.3) is 0 Å². The lowest BCUT2D eigenvalue weighted by Crippen LogP contribution is -2.19. The zero-order valence-corrected chi connectivity index (χ0v) is 9.36. The second-order valence-electron chi connectivity index (χ2n) is 4.07. The number of ether oxygens (including phenoxy) is 1. The van der Waals surface area contributed by atoms with E-state index in [0.717, 1.165) is 25.2 Å². The topological polar surface area (TPSA) is 34.1 Å². The van der Waals surface area contributed by atoms with Crippen molar-refractivity contribution in [2.75, 3.05) is 13.1 Å². The Morgan fingerprint density at radius 2 is 2.47 bits per heavy atom. The van der Waals surface area contributed by atoms with E-state index in [1.807, 2.05) is 19.2 Å². The zero-order valence-electron chi connectivity index (χ0n) is 9.36. The highest BCUT2D eigenvalue weighted by Gasteiger charge is 2.19. The molecule has 0 spiro atoms. The average Bonchev–Trinajstić information content (AvgIpc) is 2.71. The Hall–Kier alpha value is -0.930. The fraction of sp³-hybridized carbons (Fsp3) is 0.583. The molecule has 2 rings (SSSR count). The maximum Gasteiger partial charge on any atom is 0.0818 e. The van der Waals surface area contributed by atoms with E-state index in [-0.39, 0.29) is 6.10 Å². The van der Waals surface area contributed by atoms with E-state index >= 15 is 0 Å². The van der Waals surface area contributed by atoms with Crippen molar-refractivity contribution in [3.63, 3.8) is 0 Å². The van der Waals surface area contributed by atoms with Crippen LogP contribution in [0.2, 0.25) is 0 Å². The summed E-state index contributed by atoms with van der Waals surface area (Å²) in [7, 11) is 0. The Balaban J connectivity index is 2.00. The van der Waals surface area contributed by atoms with E-state index in [4.69, 9.17) is 4.74 Å². The molecular formula is C12H18N2O. The van der Waals surface area contributed by atoms with Crippen LogP contribution in [-0.4, -0.2) is 24.2 Å². The zero-order chi connectivity index (χ0) is 10.7. The van der Waals surface area contributed by atoms with Crippen molar-refractivity contribution in [2.24, 2.45) is 0 Å². The Morgan fingerprint density at radius 3 is 3.13 bits per heavy atom. The van der Waals surface area contributed by atoms with Gasteiger partial charge in [0, 0.05) is 24.0 Å². The van der Waals surface area contributed by atoms with E-state index in [2.05, 4.69) is 23.3 Å². The molecule has 0 saturated carbocycles. The maximum atomic E-state index is 5.98. The quantitative estimate of drug-likeness (QED) is 0.819. The molecule has 3 nitrogen and oxygen atoms in total. The number of aryl methyl sites for hydroxylation is 1. The summed E-state index contributed by atoms with van der Waals surface area (Å²) in [5.41, 5.74) is 2.26. The number of pyridine rings is 1. The second-order valence-corrected chi connectivity index (χ2v) is 4.07. The van der Waals surface area contributed by atoms with Gasteiger partial charge in [0.25, 0.3) is 0 Å². The lowest BCUT2D eigenvalue weighted by atomic mass is 10.1. The summed E-state index contributed by atoms with van der Waals surface area (Å²) >= 11 is 0. The third kappa shape index (κ3) is 2.55. The van der Waals surface area contributed by atoms with Crippen LogP contribution < -0.4 is 5.32 Å². The number of rotatable bonds is 3. The van der Waals surface area contributed by atoms with Gasteiger partial charge in [-0.1, -0.05) is 6.07 Å². The number of nitrogens with one attached hydrogen (secondary N) is 1. The summed E-state index contributed by atoms with van der Waals surface area (Å²) in [5, 5.41) is 3.30. The first-order valence-electron chi connectivity index (χ1n) is 5.55. The molecule has 1 fully saturated rings. The van der Waals surface area contributed by atoms with Crippen LogP contribution in [0.5, 0.6) is 0 Å². The van der Waals surface area contributed by atoms with Gasteiger partial charge in [-0.25, -0.2) is 0 Å². The highest BCUT2D eigenvalue weighted by molar-refractivity contribution is 5.20. The Kier molecular flexibility index (Phi) is 3.34. The minimum atomic E-state index is 0.142. The third-order valence-corrected chi connectivity index (χ3v) is 2.90. The summed E-state index contributed by atoms with van der Waals surface area (Å²) in [4.78, 5) is 4.28. The number of nitrogens with zero attached hydrogens (tertiary/aromatic N) is 1. The van der Waals surface area contributed by atoms with Crippen LogP contribution in [0.15, 0.2) is 18.3 Å². The van der Waals surface area contributed by atoms with Crippen molar-refractivity contribution in [1.82, 2.24) is 10.3 Å². The van der Waals surface area contributed by atoms with Gasteiger partial charge in [-0.15, -0.1) is 0 Å². The summed E-state index contributed by atoms with van der Waals surface area (Å²) < 4.78 is 5.98. The highest BCUT2D eigenvalue weighted by atomic mass is 16.5. The molecule has 0 bridgehead atoms. The molecule has 15 heavy (non-hydrogen) atoms. The molecule has 1 N–H and O–H groups in total. The van der Waals surface area contributed by atoms with Crippen molar-refractivity contribution in [2.45, 2.75) is 32.5 Å². The van der Waals surface area contributed by atoms with Crippen LogP contribution in [0.1, 0.15) is 30.7 Å². The van der Waals surface area contributed by atoms with Gasteiger partial charge in [0.15, 0.2) is 0 Å². The monoisotopic (exact) mass is 206 g/mol. The lowest BCUT2D eigenvalue weighted by molar-refractivity contribution is 0.00778. The van der Waals surface area contributed by atoms with E-state index in [9.17, 15) is 0 Å². The lowest BCUT2D eigenvalue weighted by Gasteiger charge is -2.19.